The van der Waals surface area contributed by atoms with Crippen LogP contribution in [0.15, 0.2) is 0 Å². The van der Waals surface area contributed by atoms with Crippen LogP contribution in [-0.2, 0) is 14.6 Å². The predicted molar refractivity (Wildman–Crippen MR) is 72.1 cm³/mol. The van der Waals surface area contributed by atoms with E-state index in [0.717, 1.165) is 12.8 Å². The van der Waals surface area contributed by atoms with Gasteiger partial charge in [-0.3, -0.25) is 4.79 Å². The molecule has 7 nitrogen and oxygen atoms in total. The lowest BCUT2D eigenvalue weighted by atomic mass is 10.2. The molecule has 1 saturated heterocycles. The monoisotopic (exact) mass is 304 g/mol. The minimum absolute atomic E-state index is 0.0651. The summed E-state index contributed by atoms with van der Waals surface area (Å²) in [5, 5.41) is 11.7. The van der Waals surface area contributed by atoms with Gasteiger partial charge in [-0.25, -0.2) is 13.2 Å². The minimum Gasteiger partial charge on any atom is -0.481 e. The smallest absolute Gasteiger partial charge is 0.317 e. The molecule has 1 aliphatic heterocycles. The van der Waals surface area contributed by atoms with Gasteiger partial charge in [0.15, 0.2) is 9.84 Å². The molecule has 0 radical (unpaired) electrons. The van der Waals surface area contributed by atoms with Crippen LogP contribution in [0, 0.1) is 5.92 Å². The first-order valence-corrected chi connectivity index (χ1v) is 8.64. The lowest BCUT2D eigenvalue weighted by Crippen LogP contribution is -2.55. The van der Waals surface area contributed by atoms with Crippen molar-refractivity contribution in [2.75, 3.05) is 18.1 Å². The summed E-state index contributed by atoms with van der Waals surface area (Å²) in [6, 6.07) is -0.964. The first-order chi connectivity index (χ1) is 9.32. The number of rotatable bonds is 4. The third kappa shape index (κ3) is 3.62. The number of hydrogen-bond acceptors (Lipinski definition) is 4. The Morgan fingerprint density at radius 3 is 2.65 bits per heavy atom. The van der Waals surface area contributed by atoms with Gasteiger partial charge in [0, 0.05) is 12.6 Å². The second-order valence-electron chi connectivity index (χ2n) is 5.52. The van der Waals surface area contributed by atoms with Crippen LogP contribution in [-0.4, -0.2) is 60.6 Å². The third-order valence-corrected chi connectivity index (χ3v) is 5.65. The quantitative estimate of drug-likeness (QED) is 0.765. The van der Waals surface area contributed by atoms with Gasteiger partial charge < -0.3 is 15.3 Å². The van der Waals surface area contributed by atoms with Crippen LogP contribution < -0.4 is 5.32 Å². The number of nitrogens with one attached hydrogen (secondary N) is 1. The maximum absolute atomic E-state index is 12.1. The van der Waals surface area contributed by atoms with Crippen molar-refractivity contribution in [2.24, 2.45) is 5.92 Å². The maximum Gasteiger partial charge on any atom is 0.317 e. The fourth-order valence-corrected chi connectivity index (χ4v) is 4.17. The summed E-state index contributed by atoms with van der Waals surface area (Å²) >= 11 is 0. The largest absolute Gasteiger partial charge is 0.481 e. The van der Waals surface area contributed by atoms with E-state index in [9.17, 15) is 18.0 Å². The van der Waals surface area contributed by atoms with E-state index in [-0.39, 0.29) is 36.5 Å². The van der Waals surface area contributed by atoms with Crippen LogP contribution in [0.1, 0.15) is 26.2 Å². The molecule has 1 aliphatic carbocycles. The summed E-state index contributed by atoms with van der Waals surface area (Å²) in [5.74, 6) is -0.972. The van der Waals surface area contributed by atoms with Gasteiger partial charge in [0.1, 0.15) is 0 Å². The average Bonchev–Trinajstić information content (AvgIpc) is 3.05. The SMILES string of the molecule is CCC1CC1NC(=O)N1CCS(=O)(=O)CC1CC(=O)O. The number of carbonyl (C=O) groups excluding carboxylic acids is 1. The number of hydrogen-bond donors (Lipinski definition) is 2. The lowest BCUT2D eigenvalue weighted by Gasteiger charge is -2.34. The molecule has 0 aromatic carbocycles. The molecular weight excluding hydrogens is 284 g/mol. The lowest BCUT2D eigenvalue weighted by molar-refractivity contribution is -0.138. The van der Waals surface area contributed by atoms with E-state index in [4.69, 9.17) is 5.11 Å². The van der Waals surface area contributed by atoms with Crippen molar-refractivity contribution in [3.63, 3.8) is 0 Å². The number of aliphatic carboxylic acids is 1. The Kier molecular flexibility index (Phi) is 4.22. The maximum atomic E-state index is 12.1. The van der Waals surface area contributed by atoms with Crippen LogP contribution in [0.2, 0.25) is 0 Å². The van der Waals surface area contributed by atoms with E-state index < -0.39 is 21.8 Å². The first-order valence-electron chi connectivity index (χ1n) is 6.81. The van der Waals surface area contributed by atoms with Crippen LogP contribution in [0.3, 0.4) is 0 Å². The molecule has 2 fully saturated rings. The summed E-state index contributed by atoms with van der Waals surface area (Å²) in [6.07, 6.45) is 1.60. The van der Waals surface area contributed by atoms with Gasteiger partial charge in [0.05, 0.1) is 24.0 Å². The fourth-order valence-electron chi connectivity index (χ4n) is 2.64. The second-order valence-corrected chi connectivity index (χ2v) is 7.75. The van der Waals surface area contributed by atoms with Gasteiger partial charge in [-0.2, -0.15) is 0 Å². The van der Waals surface area contributed by atoms with Gasteiger partial charge in [0.2, 0.25) is 0 Å². The highest BCUT2D eigenvalue weighted by Crippen LogP contribution is 2.33. The van der Waals surface area contributed by atoms with E-state index in [2.05, 4.69) is 12.2 Å². The Hall–Kier alpha value is -1.31. The van der Waals surface area contributed by atoms with Gasteiger partial charge in [-0.15, -0.1) is 0 Å². The Bertz CT molecular complexity index is 504. The molecule has 0 bridgehead atoms. The van der Waals surface area contributed by atoms with Crippen molar-refractivity contribution in [3.05, 3.63) is 0 Å². The molecule has 0 aromatic heterocycles. The van der Waals surface area contributed by atoms with E-state index >= 15 is 0 Å². The highest BCUT2D eigenvalue weighted by Gasteiger charge is 2.40. The molecule has 0 spiro atoms. The number of urea groups is 1. The van der Waals surface area contributed by atoms with E-state index in [1.165, 1.54) is 4.90 Å². The number of nitrogens with zero attached hydrogens (tertiary/aromatic N) is 1. The molecule has 0 aromatic rings. The van der Waals surface area contributed by atoms with Crippen LogP contribution in [0.5, 0.6) is 0 Å². The highest BCUT2D eigenvalue weighted by atomic mass is 32.2. The fraction of sp³-hybridized carbons (Fsp3) is 0.833. The van der Waals surface area contributed by atoms with Crippen LogP contribution in [0.4, 0.5) is 4.79 Å². The molecule has 2 rings (SSSR count). The van der Waals surface area contributed by atoms with Gasteiger partial charge >= 0.3 is 12.0 Å². The highest BCUT2D eigenvalue weighted by molar-refractivity contribution is 7.91. The van der Waals surface area contributed by atoms with Gasteiger partial charge in [0.25, 0.3) is 0 Å². The number of carboxylic acid groups (broad SMARTS) is 1. The van der Waals surface area contributed by atoms with Crippen molar-refractivity contribution in [1.82, 2.24) is 10.2 Å². The molecule has 8 heteroatoms. The first kappa shape index (κ1) is 15.1. The molecule has 3 atom stereocenters. The summed E-state index contributed by atoms with van der Waals surface area (Å²) in [6.45, 7) is 2.12. The molecular formula is C12H20N2O5S. The summed E-state index contributed by atoms with van der Waals surface area (Å²) in [5.41, 5.74) is 0. The number of carboxylic acids is 1. The zero-order valence-electron chi connectivity index (χ0n) is 11.4. The average molecular weight is 304 g/mol. The molecule has 114 valence electrons. The van der Waals surface area contributed by atoms with E-state index in [0.29, 0.717) is 5.92 Å². The standard InChI is InChI=1S/C12H20N2O5S/c1-2-8-5-10(8)13-12(17)14-3-4-20(18,19)7-9(14)6-11(15)16/h8-10H,2-7H2,1H3,(H,13,17)(H,15,16). The molecule has 1 saturated carbocycles. The van der Waals surface area contributed by atoms with Gasteiger partial charge in [-0.05, 0) is 12.3 Å². The molecule has 2 aliphatic rings. The zero-order chi connectivity index (χ0) is 14.9. The molecule has 20 heavy (non-hydrogen) atoms. The Balaban J connectivity index is 2.00. The van der Waals surface area contributed by atoms with Crippen molar-refractivity contribution in [2.45, 2.75) is 38.3 Å². The van der Waals surface area contributed by atoms with Crippen molar-refractivity contribution >= 4 is 21.8 Å². The third-order valence-electron chi connectivity index (χ3n) is 3.96. The van der Waals surface area contributed by atoms with Crippen molar-refractivity contribution in [1.29, 1.82) is 0 Å². The number of carbonyl (C=O) groups is 2. The van der Waals surface area contributed by atoms with Crippen molar-refractivity contribution < 1.29 is 23.1 Å². The van der Waals surface area contributed by atoms with Crippen LogP contribution >= 0.6 is 0 Å². The van der Waals surface area contributed by atoms with E-state index in [1.54, 1.807) is 0 Å². The van der Waals surface area contributed by atoms with Crippen molar-refractivity contribution in [3.8, 4) is 0 Å². The molecule has 1 heterocycles. The second kappa shape index (κ2) is 5.59. The predicted octanol–water partition coefficient (Wildman–Crippen LogP) is 0.0682. The van der Waals surface area contributed by atoms with E-state index in [1.807, 2.05) is 0 Å². The zero-order valence-corrected chi connectivity index (χ0v) is 12.2. The Morgan fingerprint density at radius 2 is 2.10 bits per heavy atom. The summed E-state index contributed by atoms with van der Waals surface area (Å²) in [4.78, 5) is 24.3. The molecule has 3 unspecified atom stereocenters. The summed E-state index contributed by atoms with van der Waals surface area (Å²) in [7, 11) is -3.26. The number of amides is 2. The van der Waals surface area contributed by atoms with Crippen LogP contribution in [0.25, 0.3) is 0 Å². The minimum atomic E-state index is -3.26. The summed E-state index contributed by atoms with van der Waals surface area (Å²) < 4.78 is 23.2. The van der Waals surface area contributed by atoms with Gasteiger partial charge in [-0.1, -0.05) is 13.3 Å². The Morgan fingerprint density at radius 1 is 1.40 bits per heavy atom. The molecule has 2 N–H and O–H groups in total. The normalized spacial score (nSPS) is 31.6. The molecule has 2 amide bonds. The Labute approximate surface area is 118 Å². The number of sulfone groups is 1. The topological polar surface area (TPSA) is 104 Å².